The minimum Gasteiger partial charge on any atom is -0.469 e. The lowest BCUT2D eigenvalue weighted by molar-refractivity contribution is -0.141. The van der Waals surface area contributed by atoms with Crippen LogP contribution in [0.25, 0.3) is 0 Å². The molecule has 15 heavy (non-hydrogen) atoms. The van der Waals surface area contributed by atoms with Gasteiger partial charge in [-0.05, 0) is 0 Å². The van der Waals surface area contributed by atoms with Crippen molar-refractivity contribution in [1.29, 1.82) is 0 Å². The highest BCUT2D eigenvalue weighted by molar-refractivity contribution is 5.98. The summed E-state index contributed by atoms with van der Waals surface area (Å²) in [6.45, 7) is 4.57. The average Bonchev–Trinajstić information content (AvgIpc) is 2.22. The lowest BCUT2D eigenvalue weighted by Crippen LogP contribution is -2.37. The number of amides is 1. The molecule has 0 rings (SSSR count). The highest BCUT2D eigenvalue weighted by Crippen LogP contribution is 2.04. The smallest absolute Gasteiger partial charge is 0.305 e. The predicted molar refractivity (Wildman–Crippen MR) is 52.1 cm³/mol. The van der Waals surface area contributed by atoms with Crippen molar-refractivity contribution < 1.29 is 19.1 Å². The van der Waals surface area contributed by atoms with Crippen molar-refractivity contribution in [3.05, 3.63) is 12.3 Å². The molecule has 0 fully saturated rings. The number of hydrazine groups is 1. The maximum Gasteiger partial charge on any atom is 0.305 e. The Morgan fingerprint density at radius 3 is 2.27 bits per heavy atom. The number of rotatable bonds is 5. The first-order valence-electron chi connectivity index (χ1n) is 4.24. The average molecular weight is 214 g/mol. The number of ether oxygens (including phenoxy) is 1. The molecule has 1 amide bonds. The van der Waals surface area contributed by atoms with E-state index in [-0.39, 0.29) is 18.5 Å². The van der Waals surface area contributed by atoms with Crippen LogP contribution < -0.4 is 5.84 Å². The van der Waals surface area contributed by atoms with Crippen LogP contribution in [-0.4, -0.2) is 29.8 Å². The van der Waals surface area contributed by atoms with Gasteiger partial charge in [-0.2, -0.15) is 0 Å². The summed E-state index contributed by atoms with van der Waals surface area (Å²) in [5.74, 6) is 3.80. The van der Waals surface area contributed by atoms with Crippen molar-refractivity contribution in [2.45, 2.75) is 19.8 Å². The molecule has 0 heterocycles. The number of nitrogens with two attached hydrogens (primary N) is 1. The van der Waals surface area contributed by atoms with Gasteiger partial charge in [0.15, 0.2) is 5.78 Å². The summed E-state index contributed by atoms with van der Waals surface area (Å²) in [6, 6.07) is 0. The number of esters is 1. The van der Waals surface area contributed by atoms with E-state index in [0.29, 0.717) is 5.01 Å². The van der Waals surface area contributed by atoms with Crippen LogP contribution >= 0.6 is 0 Å². The second-order valence-electron chi connectivity index (χ2n) is 2.84. The number of nitrogens with zero attached hydrogens (tertiary/aromatic N) is 1. The molecule has 6 nitrogen and oxygen atoms in total. The summed E-state index contributed by atoms with van der Waals surface area (Å²) < 4.78 is 4.36. The number of methoxy groups -OCH3 is 1. The van der Waals surface area contributed by atoms with Crippen LogP contribution in [0.4, 0.5) is 0 Å². The van der Waals surface area contributed by atoms with Gasteiger partial charge in [0.25, 0.3) is 0 Å². The van der Waals surface area contributed by atoms with Crippen LogP contribution in [0.2, 0.25) is 0 Å². The molecule has 0 radical (unpaired) electrons. The number of hydrogen-bond acceptors (Lipinski definition) is 5. The summed E-state index contributed by atoms with van der Waals surface area (Å²) in [5.41, 5.74) is -0.133. The number of Topliss-reactive ketones (excluding diaryl/α,β-unsaturated/α-hetero) is 1. The maximum atomic E-state index is 11.3. The molecule has 0 atom stereocenters. The van der Waals surface area contributed by atoms with E-state index < -0.39 is 17.7 Å². The molecule has 0 aromatic carbocycles. The summed E-state index contributed by atoms with van der Waals surface area (Å²) in [4.78, 5) is 32.8. The van der Waals surface area contributed by atoms with Crippen LogP contribution in [-0.2, 0) is 19.1 Å². The zero-order valence-corrected chi connectivity index (χ0v) is 8.78. The quantitative estimate of drug-likeness (QED) is 0.224. The fourth-order valence-corrected chi connectivity index (χ4v) is 0.786. The summed E-state index contributed by atoms with van der Waals surface area (Å²) in [6.07, 6.45) is -0.132. The fourth-order valence-electron chi connectivity index (χ4n) is 0.786. The molecule has 0 saturated heterocycles. The van der Waals surface area contributed by atoms with E-state index in [2.05, 4.69) is 11.3 Å². The fraction of sp³-hybridized carbons (Fsp3) is 0.444. The molecule has 0 bridgehead atoms. The third-order valence-electron chi connectivity index (χ3n) is 1.74. The zero-order valence-electron chi connectivity index (χ0n) is 8.78. The van der Waals surface area contributed by atoms with E-state index in [1.807, 2.05) is 0 Å². The van der Waals surface area contributed by atoms with Gasteiger partial charge in [0.05, 0.1) is 19.2 Å². The van der Waals surface area contributed by atoms with Crippen molar-refractivity contribution in [1.82, 2.24) is 5.01 Å². The van der Waals surface area contributed by atoms with Crippen LogP contribution in [0.3, 0.4) is 0 Å². The number of carbonyl (C=O) groups excluding carboxylic acids is 3. The third-order valence-corrected chi connectivity index (χ3v) is 1.74. The van der Waals surface area contributed by atoms with Crippen LogP contribution in [0.5, 0.6) is 0 Å². The van der Waals surface area contributed by atoms with Gasteiger partial charge in [0, 0.05) is 13.3 Å². The molecule has 0 aromatic heterocycles. The topological polar surface area (TPSA) is 89.7 Å². The van der Waals surface area contributed by atoms with Gasteiger partial charge in [-0.3, -0.25) is 14.4 Å². The lowest BCUT2D eigenvalue weighted by atomic mass is 10.2. The molecule has 0 saturated carbocycles. The van der Waals surface area contributed by atoms with Gasteiger partial charge < -0.3 is 4.74 Å². The zero-order chi connectivity index (χ0) is 12.0. The Morgan fingerprint density at radius 1 is 1.33 bits per heavy atom. The van der Waals surface area contributed by atoms with E-state index in [4.69, 9.17) is 5.84 Å². The number of carbonyl (C=O) groups is 3. The van der Waals surface area contributed by atoms with Crippen molar-refractivity contribution in [2.75, 3.05) is 7.11 Å². The number of allylic oxidation sites excluding steroid dienone is 1. The molecule has 0 aliphatic heterocycles. The van der Waals surface area contributed by atoms with Gasteiger partial charge in [-0.25, -0.2) is 10.9 Å². The van der Waals surface area contributed by atoms with Gasteiger partial charge in [0.1, 0.15) is 0 Å². The monoisotopic (exact) mass is 214 g/mol. The van der Waals surface area contributed by atoms with Crippen molar-refractivity contribution in [3.8, 4) is 0 Å². The largest absolute Gasteiger partial charge is 0.469 e. The van der Waals surface area contributed by atoms with Crippen LogP contribution in [0.15, 0.2) is 12.3 Å². The Morgan fingerprint density at radius 2 is 1.87 bits per heavy atom. The Hall–Kier alpha value is -1.69. The van der Waals surface area contributed by atoms with E-state index in [0.717, 1.165) is 0 Å². The minimum atomic E-state index is -0.498. The first-order valence-corrected chi connectivity index (χ1v) is 4.24. The van der Waals surface area contributed by atoms with Gasteiger partial charge in [-0.1, -0.05) is 6.58 Å². The van der Waals surface area contributed by atoms with E-state index in [1.165, 1.54) is 14.0 Å². The standard InChI is InChI=1S/C9H14N2O4/c1-6(11(10)7(2)12)8(13)4-5-9(14)15-3/h1,4-5,10H2,2-3H3. The minimum absolute atomic E-state index is 0.0555. The molecule has 0 aliphatic rings. The van der Waals surface area contributed by atoms with Crippen molar-refractivity contribution in [2.24, 2.45) is 5.84 Å². The molecule has 0 aromatic rings. The Labute approximate surface area is 87.6 Å². The summed E-state index contributed by atoms with van der Waals surface area (Å²) in [5, 5.41) is 0.652. The highest BCUT2D eigenvalue weighted by atomic mass is 16.5. The summed E-state index contributed by atoms with van der Waals surface area (Å²) in [7, 11) is 1.23. The predicted octanol–water partition coefficient (Wildman–Crippen LogP) is -0.255. The lowest BCUT2D eigenvalue weighted by Gasteiger charge is -2.15. The first-order chi connectivity index (χ1) is 6.90. The molecule has 0 spiro atoms. The Balaban J connectivity index is 4.17. The maximum absolute atomic E-state index is 11.3. The molecule has 0 aliphatic carbocycles. The van der Waals surface area contributed by atoms with Crippen LogP contribution in [0, 0.1) is 0 Å². The van der Waals surface area contributed by atoms with Gasteiger partial charge >= 0.3 is 5.97 Å². The van der Waals surface area contributed by atoms with Crippen LogP contribution in [0.1, 0.15) is 19.8 Å². The second kappa shape index (κ2) is 5.92. The van der Waals surface area contributed by atoms with E-state index >= 15 is 0 Å². The third kappa shape index (κ3) is 4.37. The second-order valence-corrected chi connectivity index (χ2v) is 2.84. The Kier molecular flexibility index (Phi) is 5.25. The van der Waals surface area contributed by atoms with Crippen molar-refractivity contribution >= 4 is 17.7 Å². The molecule has 6 heteroatoms. The molecule has 84 valence electrons. The van der Waals surface area contributed by atoms with E-state index in [9.17, 15) is 14.4 Å². The highest BCUT2D eigenvalue weighted by Gasteiger charge is 2.16. The number of ketones is 1. The summed E-state index contributed by atoms with van der Waals surface area (Å²) >= 11 is 0. The van der Waals surface area contributed by atoms with Crippen molar-refractivity contribution in [3.63, 3.8) is 0 Å². The Bertz CT molecular complexity index is 298. The molecular weight excluding hydrogens is 200 g/mol. The molecular formula is C9H14N2O4. The SMILES string of the molecule is C=C(C(=O)CCC(=O)OC)N(N)C(C)=O. The van der Waals surface area contributed by atoms with E-state index in [1.54, 1.807) is 0 Å². The number of hydrogen-bond donors (Lipinski definition) is 1. The molecule has 0 unspecified atom stereocenters. The normalized spacial score (nSPS) is 9.27. The molecule has 2 N–H and O–H groups in total. The first kappa shape index (κ1) is 13.3. The van der Waals surface area contributed by atoms with Gasteiger partial charge in [-0.15, -0.1) is 0 Å². The van der Waals surface area contributed by atoms with Gasteiger partial charge in [0.2, 0.25) is 5.91 Å².